The molecule has 2 N–H and O–H groups in total. The topological polar surface area (TPSA) is 49.3 Å². The van der Waals surface area contributed by atoms with Crippen molar-refractivity contribution in [2.45, 2.75) is 25.2 Å². The van der Waals surface area contributed by atoms with Crippen LogP contribution in [0.15, 0.2) is 30.3 Å². The smallest absolute Gasteiger partial charge is 0.371 e. The molecule has 1 aromatic carbocycles. The molecule has 0 spiro atoms. The van der Waals surface area contributed by atoms with E-state index in [1.807, 2.05) is 0 Å². The zero-order valence-corrected chi connectivity index (χ0v) is 9.08. The number of aliphatic hydroxyl groups is 1. The van der Waals surface area contributed by atoms with E-state index in [2.05, 4.69) is 0 Å². The number of benzene rings is 1. The van der Waals surface area contributed by atoms with Crippen molar-refractivity contribution < 1.29 is 23.1 Å². The summed E-state index contributed by atoms with van der Waals surface area (Å²) in [5.41, 5.74) is -1.31. The standard InChI is InChI=1S/C11H12F3NO2/c1-10(17,15-9(16)11(12,13)14)7-8-5-3-2-4-6-8/h2-6,17H,7H2,1H3,(H,15,16). The van der Waals surface area contributed by atoms with Gasteiger partial charge in [-0.2, -0.15) is 13.2 Å². The highest BCUT2D eigenvalue weighted by atomic mass is 19.4. The normalized spacial score (nSPS) is 15.1. The highest BCUT2D eigenvalue weighted by Gasteiger charge is 2.41. The number of carbonyl (C=O) groups is 1. The zero-order chi connectivity index (χ0) is 13.1. The lowest BCUT2D eigenvalue weighted by atomic mass is 10.0. The number of halogens is 3. The molecule has 0 bridgehead atoms. The fourth-order valence-electron chi connectivity index (χ4n) is 1.35. The fraction of sp³-hybridized carbons (Fsp3) is 0.364. The van der Waals surface area contributed by atoms with Crippen molar-refractivity contribution in [1.29, 1.82) is 0 Å². The quantitative estimate of drug-likeness (QED) is 0.797. The molecule has 0 aliphatic rings. The van der Waals surface area contributed by atoms with Crippen LogP contribution in [0.5, 0.6) is 0 Å². The molecule has 1 aromatic rings. The molecular formula is C11H12F3NO2. The predicted octanol–water partition coefficient (Wildman–Crippen LogP) is 1.62. The van der Waals surface area contributed by atoms with Gasteiger partial charge >= 0.3 is 12.1 Å². The van der Waals surface area contributed by atoms with Crippen LogP contribution in [0, 0.1) is 0 Å². The third-order valence-electron chi connectivity index (χ3n) is 2.03. The minimum absolute atomic E-state index is 0.102. The highest BCUT2D eigenvalue weighted by Crippen LogP contribution is 2.17. The van der Waals surface area contributed by atoms with E-state index in [-0.39, 0.29) is 6.42 Å². The molecule has 0 heterocycles. The number of hydrogen-bond acceptors (Lipinski definition) is 2. The minimum Gasteiger partial charge on any atom is -0.371 e. The Bertz CT molecular complexity index is 387. The van der Waals surface area contributed by atoms with Gasteiger partial charge in [-0.05, 0) is 12.5 Å². The summed E-state index contributed by atoms with van der Waals surface area (Å²) in [4.78, 5) is 10.7. The van der Waals surface area contributed by atoms with Gasteiger partial charge in [0.2, 0.25) is 0 Å². The lowest BCUT2D eigenvalue weighted by Crippen LogP contribution is -2.52. The van der Waals surface area contributed by atoms with E-state index < -0.39 is 17.8 Å². The molecule has 6 heteroatoms. The maximum Gasteiger partial charge on any atom is 0.471 e. The van der Waals surface area contributed by atoms with E-state index in [9.17, 15) is 23.1 Å². The average molecular weight is 247 g/mol. The van der Waals surface area contributed by atoms with Crippen molar-refractivity contribution in [2.75, 3.05) is 0 Å². The van der Waals surface area contributed by atoms with Crippen molar-refractivity contribution in [1.82, 2.24) is 5.32 Å². The van der Waals surface area contributed by atoms with Crippen LogP contribution in [-0.2, 0) is 11.2 Å². The summed E-state index contributed by atoms with van der Waals surface area (Å²) in [5, 5.41) is 11.2. The molecule has 1 unspecified atom stereocenters. The van der Waals surface area contributed by atoms with Gasteiger partial charge in [-0.25, -0.2) is 0 Å². The number of rotatable bonds is 3. The van der Waals surface area contributed by atoms with Gasteiger partial charge in [-0.15, -0.1) is 0 Å². The summed E-state index contributed by atoms with van der Waals surface area (Å²) < 4.78 is 36.0. The third-order valence-corrected chi connectivity index (χ3v) is 2.03. The second-order valence-corrected chi connectivity index (χ2v) is 3.89. The number of carbonyl (C=O) groups excluding carboxylic acids is 1. The molecule has 0 saturated carbocycles. The monoisotopic (exact) mass is 247 g/mol. The lowest BCUT2D eigenvalue weighted by Gasteiger charge is -2.25. The zero-order valence-electron chi connectivity index (χ0n) is 9.08. The minimum atomic E-state index is -5.00. The first-order valence-corrected chi connectivity index (χ1v) is 4.86. The second-order valence-electron chi connectivity index (χ2n) is 3.89. The summed E-state index contributed by atoms with van der Waals surface area (Å²) in [7, 11) is 0. The Balaban J connectivity index is 2.67. The van der Waals surface area contributed by atoms with E-state index in [0.29, 0.717) is 5.56 Å². The van der Waals surface area contributed by atoms with E-state index in [1.54, 1.807) is 30.3 Å². The first kappa shape index (κ1) is 13.5. The molecule has 94 valence electrons. The summed E-state index contributed by atoms with van der Waals surface area (Å²) in [6.45, 7) is 1.11. The van der Waals surface area contributed by atoms with Gasteiger partial charge in [0.25, 0.3) is 0 Å². The molecule has 0 aliphatic carbocycles. The van der Waals surface area contributed by atoms with Gasteiger partial charge in [-0.1, -0.05) is 30.3 Å². The number of amides is 1. The molecule has 0 fully saturated rings. The average Bonchev–Trinajstić information content (AvgIpc) is 2.16. The van der Waals surface area contributed by atoms with Gasteiger partial charge in [0.05, 0.1) is 0 Å². The van der Waals surface area contributed by atoms with Crippen molar-refractivity contribution in [3.63, 3.8) is 0 Å². The Labute approximate surface area is 96.3 Å². The number of hydrogen-bond donors (Lipinski definition) is 2. The van der Waals surface area contributed by atoms with E-state index in [4.69, 9.17) is 0 Å². The fourth-order valence-corrected chi connectivity index (χ4v) is 1.35. The molecule has 1 amide bonds. The van der Waals surface area contributed by atoms with Crippen molar-refractivity contribution >= 4 is 5.91 Å². The predicted molar refractivity (Wildman–Crippen MR) is 55.0 cm³/mol. The van der Waals surface area contributed by atoms with Crippen LogP contribution < -0.4 is 5.32 Å². The molecule has 0 saturated heterocycles. The molecule has 0 aromatic heterocycles. The van der Waals surface area contributed by atoms with E-state index in [0.717, 1.165) is 6.92 Å². The largest absolute Gasteiger partial charge is 0.471 e. The molecule has 1 atom stereocenters. The highest BCUT2D eigenvalue weighted by molar-refractivity contribution is 5.82. The van der Waals surface area contributed by atoms with Crippen molar-refractivity contribution in [3.05, 3.63) is 35.9 Å². The van der Waals surface area contributed by atoms with Crippen LogP contribution in [0.1, 0.15) is 12.5 Å². The Kier molecular flexibility index (Phi) is 3.77. The summed E-state index contributed by atoms with van der Waals surface area (Å²) >= 11 is 0. The molecule has 3 nitrogen and oxygen atoms in total. The maximum absolute atomic E-state index is 12.0. The Morgan fingerprint density at radius 2 is 1.82 bits per heavy atom. The Morgan fingerprint density at radius 1 is 1.29 bits per heavy atom. The maximum atomic E-state index is 12.0. The molecular weight excluding hydrogens is 235 g/mol. The van der Waals surface area contributed by atoms with E-state index >= 15 is 0 Å². The van der Waals surface area contributed by atoms with Crippen molar-refractivity contribution in [2.24, 2.45) is 0 Å². The SMILES string of the molecule is CC(O)(Cc1ccccc1)NC(=O)C(F)(F)F. The van der Waals surface area contributed by atoms with Crippen LogP contribution >= 0.6 is 0 Å². The first-order valence-electron chi connectivity index (χ1n) is 4.86. The van der Waals surface area contributed by atoms with Gasteiger partial charge < -0.3 is 10.4 Å². The lowest BCUT2D eigenvalue weighted by molar-refractivity contribution is -0.180. The summed E-state index contributed by atoms with van der Waals surface area (Å²) in [6, 6.07) is 8.42. The number of nitrogens with one attached hydrogen (secondary N) is 1. The van der Waals surface area contributed by atoms with Gasteiger partial charge in [0.15, 0.2) is 0 Å². The van der Waals surface area contributed by atoms with Crippen LogP contribution in [0.3, 0.4) is 0 Å². The Hall–Kier alpha value is -1.56. The van der Waals surface area contributed by atoms with Crippen LogP contribution in [0.4, 0.5) is 13.2 Å². The van der Waals surface area contributed by atoms with Gasteiger partial charge in [0, 0.05) is 6.42 Å². The van der Waals surface area contributed by atoms with Crippen LogP contribution in [0.2, 0.25) is 0 Å². The molecule has 0 radical (unpaired) electrons. The van der Waals surface area contributed by atoms with Gasteiger partial charge in [-0.3, -0.25) is 4.79 Å². The van der Waals surface area contributed by atoms with Crippen LogP contribution in [0.25, 0.3) is 0 Å². The molecule has 17 heavy (non-hydrogen) atoms. The van der Waals surface area contributed by atoms with Crippen molar-refractivity contribution in [3.8, 4) is 0 Å². The molecule has 1 rings (SSSR count). The van der Waals surface area contributed by atoms with Gasteiger partial charge in [0.1, 0.15) is 5.72 Å². The molecule has 0 aliphatic heterocycles. The Morgan fingerprint density at radius 3 is 2.29 bits per heavy atom. The first-order chi connectivity index (χ1) is 7.71. The summed E-state index contributed by atoms with van der Waals surface area (Å²) in [6.07, 6.45) is -5.10. The third kappa shape index (κ3) is 4.44. The van der Waals surface area contributed by atoms with E-state index in [1.165, 1.54) is 5.32 Å². The number of alkyl halides is 3. The second kappa shape index (κ2) is 4.75. The summed E-state index contributed by atoms with van der Waals surface area (Å²) in [5.74, 6) is -2.15. The van der Waals surface area contributed by atoms with Crippen LogP contribution in [-0.4, -0.2) is 22.9 Å².